The highest BCUT2D eigenvalue weighted by molar-refractivity contribution is 9.10. The van der Waals surface area contributed by atoms with E-state index in [9.17, 15) is 0 Å². The number of hydrogen-bond donors (Lipinski definition) is 0. The molecule has 0 bridgehead atoms. The summed E-state index contributed by atoms with van der Waals surface area (Å²) in [5, 5.41) is 1.30. The van der Waals surface area contributed by atoms with E-state index in [4.69, 9.17) is 11.8 Å². The van der Waals surface area contributed by atoms with Gasteiger partial charge in [-0.05, 0) is 36.8 Å². The third-order valence-electron chi connectivity index (χ3n) is 1.45. The Bertz CT molecular complexity index is 285. The molecule has 11 heavy (non-hydrogen) atoms. The Balaban J connectivity index is 3.09. The molecule has 0 aromatic heterocycles. The van der Waals surface area contributed by atoms with Gasteiger partial charge < -0.3 is 0 Å². The summed E-state index contributed by atoms with van der Waals surface area (Å²) < 4.78 is 1.12. The molecule has 0 fully saturated rings. The Morgan fingerprint density at radius 2 is 1.64 bits per heavy atom. The number of rotatable bonds is 1. The van der Waals surface area contributed by atoms with Crippen LogP contribution in [0.25, 0.3) is 0 Å². The van der Waals surface area contributed by atoms with Crippen molar-refractivity contribution < 1.29 is 0 Å². The van der Waals surface area contributed by atoms with Crippen molar-refractivity contribution in [3.8, 4) is 0 Å². The molecule has 0 aliphatic rings. The summed E-state index contributed by atoms with van der Waals surface area (Å²) in [7, 11) is 0. The van der Waals surface area contributed by atoms with Gasteiger partial charge in [-0.25, -0.2) is 0 Å². The van der Waals surface area contributed by atoms with Crippen LogP contribution < -0.4 is 5.30 Å². The molecule has 0 atom stereocenters. The topological polar surface area (TPSA) is 0 Å². The van der Waals surface area contributed by atoms with Crippen molar-refractivity contribution in [1.82, 2.24) is 0 Å². The zero-order chi connectivity index (χ0) is 8.48. The molecule has 0 radical (unpaired) electrons. The average Bonchev–Trinajstić information content (AvgIpc) is 1.86. The molecule has 0 spiro atoms. The highest BCUT2D eigenvalue weighted by Crippen LogP contribution is 2.34. The normalized spacial score (nSPS) is 11.5. The van der Waals surface area contributed by atoms with E-state index >= 15 is 0 Å². The van der Waals surface area contributed by atoms with Gasteiger partial charge in [-0.2, -0.15) is 0 Å². The molecule has 0 saturated carbocycles. The lowest BCUT2D eigenvalue weighted by molar-refractivity contribution is 1.70. The SMILES string of the molecule is CP(C)(=S)c1ccc(Br)cc1. The second-order valence-corrected chi connectivity index (χ2v) is 9.70. The van der Waals surface area contributed by atoms with Crippen LogP contribution in [0.3, 0.4) is 0 Å². The van der Waals surface area contributed by atoms with Crippen LogP contribution in [0.5, 0.6) is 0 Å². The van der Waals surface area contributed by atoms with Crippen molar-refractivity contribution in [3.05, 3.63) is 28.7 Å². The standard InChI is InChI=1S/C8H10BrPS/c1-10(2,11)8-5-3-7(9)4-6-8/h3-6H,1-2H3. The third-order valence-corrected chi connectivity index (χ3v) is 4.15. The smallest absolute Gasteiger partial charge is 0.0175 e. The van der Waals surface area contributed by atoms with Crippen LogP contribution in [-0.2, 0) is 11.8 Å². The van der Waals surface area contributed by atoms with E-state index in [2.05, 4.69) is 41.4 Å². The Labute approximate surface area is 81.1 Å². The summed E-state index contributed by atoms with van der Waals surface area (Å²) in [6, 6.07) is 7.07. The van der Waals surface area contributed by atoms with Gasteiger partial charge in [0.1, 0.15) is 0 Å². The van der Waals surface area contributed by atoms with Gasteiger partial charge in [0.15, 0.2) is 0 Å². The van der Waals surface area contributed by atoms with E-state index in [-0.39, 0.29) is 0 Å². The molecule has 60 valence electrons. The fourth-order valence-electron chi connectivity index (χ4n) is 0.800. The molecular weight excluding hydrogens is 239 g/mol. The van der Waals surface area contributed by atoms with E-state index < -0.39 is 6.04 Å². The van der Waals surface area contributed by atoms with Crippen LogP contribution in [0.15, 0.2) is 28.7 Å². The Kier molecular flexibility index (Phi) is 2.90. The summed E-state index contributed by atoms with van der Waals surface area (Å²) in [5.41, 5.74) is 0. The van der Waals surface area contributed by atoms with Gasteiger partial charge in [-0.3, -0.25) is 0 Å². The maximum atomic E-state index is 5.39. The van der Waals surface area contributed by atoms with Crippen LogP contribution >= 0.6 is 22.0 Å². The molecule has 0 aliphatic carbocycles. The van der Waals surface area contributed by atoms with Crippen molar-refractivity contribution in [2.45, 2.75) is 0 Å². The molecule has 1 rings (SSSR count). The molecule has 3 heteroatoms. The second-order valence-electron chi connectivity index (χ2n) is 2.83. The minimum absolute atomic E-state index is 1.12. The molecular formula is C8H10BrPS. The first-order chi connectivity index (χ1) is 5.00. The highest BCUT2D eigenvalue weighted by atomic mass is 79.9. The van der Waals surface area contributed by atoms with Gasteiger partial charge in [0.2, 0.25) is 0 Å². The van der Waals surface area contributed by atoms with Crippen LogP contribution in [0.1, 0.15) is 0 Å². The van der Waals surface area contributed by atoms with Gasteiger partial charge in [0.05, 0.1) is 0 Å². The van der Waals surface area contributed by atoms with Crippen LogP contribution in [0.4, 0.5) is 0 Å². The molecule has 0 aliphatic heterocycles. The molecule has 0 N–H and O–H groups in total. The average molecular weight is 249 g/mol. The maximum absolute atomic E-state index is 5.39. The minimum atomic E-state index is -1.23. The Morgan fingerprint density at radius 3 is 2.00 bits per heavy atom. The predicted octanol–water partition coefficient (Wildman–Crippen LogP) is 2.81. The van der Waals surface area contributed by atoms with Gasteiger partial charge in [-0.1, -0.05) is 39.9 Å². The first-order valence-electron chi connectivity index (χ1n) is 3.31. The van der Waals surface area contributed by atoms with Crippen LogP contribution in [-0.4, -0.2) is 13.3 Å². The van der Waals surface area contributed by atoms with Gasteiger partial charge in [0, 0.05) is 4.47 Å². The van der Waals surface area contributed by atoms with E-state index in [1.165, 1.54) is 5.30 Å². The Morgan fingerprint density at radius 1 is 1.18 bits per heavy atom. The van der Waals surface area contributed by atoms with Crippen LogP contribution in [0.2, 0.25) is 0 Å². The second kappa shape index (κ2) is 3.38. The van der Waals surface area contributed by atoms with Crippen molar-refractivity contribution in [1.29, 1.82) is 0 Å². The fraction of sp³-hybridized carbons (Fsp3) is 0.250. The molecule has 1 aromatic rings. The highest BCUT2D eigenvalue weighted by Gasteiger charge is 2.04. The van der Waals surface area contributed by atoms with E-state index in [1.54, 1.807) is 0 Å². The Hall–Kier alpha value is 0.350. The first kappa shape index (κ1) is 9.44. The van der Waals surface area contributed by atoms with E-state index in [0.29, 0.717) is 0 Å². The summed E-state index contributed by atoms with van der Waals surface area (Å²) >= 11 is 8.78. The summed E-state index contributed by atoms with van der Waals surface area (Å²) in [6.07, 6.45) is 0. The monoisotopic (exact) mass is 248 g/mol. The van der Waals surface area contributed by atoms with E-state index in [1.807, 2.05) is 12.1 Å². The molecule has 0 amide bonds. The molecule has 1 aromatic carbocycles. The van der Waals surface area contributed by atoms with Crippen molar-refractivity contribution in [2.75, 3.05) is 13.3 Å². The third kappa shape index (κ3) is 2.70. The van der Waals surface area contributed by atoms with Crippen molar-refractivity contribution in [3.63, 3.8) is 0 Å². The van der Waals surface area contributed by atoms with Crippen molar-refractivity contribution in [2.24, 2.45) is 0 Å². The predicted molar refractivity (Wildman–Crippen MR) is 59.9 cm³/mol. The first-order valence-corrected chi connectivity index (χ1v) is 7.80. The summed E-state index contributed by atoms with van der Waals surface area (Å²) in [4.78, 5) is 0. The number of benzene rings is 1. The van der Waals surface area contributed by atoms with Crippen molar-refractivity contribution >= 4 is 39.1 Å². The quantitative estimate of drug-likeness (QED) is 0.689. The molecule has 0 heterocycles. The molecule has 0 unspecified atom stereocenters. The fourth-order valence-corrected chi connectivity index (χ4v) is 2.30. The summed E-state index contributed by atoms with van der Waals surface area (Å²) in [6.45, 7) is 4.29. The van der Waals surface area contributed by atoms with Crippen LogP contribution in [0, 0.1) is 0 Å². The zero-order valence-electron chi connectivity index (χ0n) is 6.54. The number of hydrogen-bond acceptors (Lipinski definition) is 1. The molecule has 0 nitrogen and oxygen atoms in total. The lowest BCUT2D eigenvalue weighted by atomic mass is 10.4. The lowest BCUT2D eigenvalue weighted by Gasteiger charge is -2.09. The lowest BCUT2D eigenvalue weighted by Crippen LogP contribution is -2.00. The summed E-state index contributed by atoms with van der Waals surface area (Å²) in [5.74, 6) is 0. The minimum Gasteiger partial charge on any atom is -0.0931 e. The van der Waals surface area contributed by atoms with Gasteiger partial charge in [-0.15, -0.1) is 0 Å². The maximum Gasteiger partial charge on any atom is 0.0175 e. The largest absolute Gasteiger partial charge is 0.0931 e. The number of halogens is 1. The zero-order valence-corrected chi connectivity index (χ0v) is 9.84. The van der Waals surface area contributed by atoms with Gasteiger partial charge in [0.25, 0.3) is 0 Å². The molecule has 0 saturated heterocycles. The van der Waals surface area contributed by atoms with Gasteiger partial charge >= 0.3 is 0 Å². The van der Waals surface area contributed by atoms with E-state index in [0.717, 1.165) is 4.47 Å².